The Morgan fingerprint density at radius 2 is 1.74 bits per heavy atom. The van der Waals surface area contributed by atoms with E-state index in [1.54, 1.807) is 32.4 Å². The lowest BCUT2D eigenvalue weighted by molar-refractivity contribution is -0.124. The third-order valence-corrected chi connectivity index (χ3v) is 6.78. The van der Waals surface area contributed by atoms with Crippen LogP contribution in [0.15, 0.2) is 53.5 Å². The summed E-state index contributed by atoms with van der Waals surface area (Å²) in [4.78, 5) is 17.6. The number of methoxy groups -OCH3 is 2. The van der Waals surface area contributed by atoms with E-state index in [2.05, 4.69) is 15.6 Å². The summed E-state index contributed by atoms with van der Waals surface area (Å²) in [7, 11) is 3.14. The fourth-order valence-electron chi connectivity index (χ4n) is 3.87. The maximum Gasteiger partial charge on any atom is 0.228 e. The van der Waals surface area contributed by atoms with Gasteiger partial charge in [0.2, 0.25) is 5.91 Å². The number of nitrogens with one attached hydrogen (secondary N) is 2. The molecule has 9 heteroatoms. The minimum absolute atomic E-state index is 0.170. The van der Waals surface area contributed by atoms with Crippen molar-refractivity contribution in [2.24, 2.45) is 10.9 Å². The summed E-state index contributed by atoms with van der Waals surface area (Å²) < 4.78 is 10.6. The highest BCUT2D eigenvalue weighted by Crippen LogP contribution is 2.42. The summed E-state index contributed by atoms with van der Waals surface area (Å²) in [6.45, 7) is 0. The van der Waals surface area contributed by atoms with Gasteiger partial charge in [-0.2, -0.15) is 0 Å². The summed E-state index contributed by atoms with van der Waals surface area (Å²) in [5, 5.41) is 27.3. The normalized spacial score (nSPS) is 27.1. The van der Waals surface area contributed by atoms with Gasteiger partial charge < -0.3 is 30.3 Å². The van der Waals surface area contributed by atoms with Crippen molar-refractivity contribution in [3.8, 4) is 11.5 Å². The zero-order chi connectivity index (χ0) is 22.0. The Morgan fingerprint density at radius 3 is 2.39 bits per heavy atom. The third kappa shape index (κ3) is 4.63. The van der Waals surface area contributed by atoms with E-state index < -0.39 is 24.2 Å². The second kappa shape index (κ2) is 9.17. The predicted octanol–water partition coefficient (Wildman–Crippen LogP) is 2.34. The van der Waals surface area contributed by atoms with Crippen molar-refractivity contribution < 1.29 is 24.5 Å². The first-order valence-electron chi connectivity index (χ1n) is 9.95. The Labute approximate surface area is 184 Å². The van der Waals surface area contributed by atoms with Crippen LogP contribution < -0.4 is 20.1 Å². The van der Waals surface area contributed by atoms with Crippen molar-refractivity contribution in [1.82, 2.24) is 0 Å². The molecule has 0 bridgehead atoms. The first-order chi connectivity index (χ1) is 15.0. The number of para-hydroxylation sites is 1. The molecule has 8 nitrogen and oxygen atoms in total. The molecule has 2 aromatic rings. The molecular formula is C22H25N3O5S. The van der Waals surface area contributed by atoms with E-state index in [1.807, 2.05) is 30.3 Å². The number of aliphatic imine (C=N–C) groups is 1. The monoisotopic (exact) mass is 443 g/mol. The van der Waals surface area contributed by atoms with Crippen LogP contribution in [0, 0.1) is 5.92 Å². The van der Waals surface area contributed by atoms with Gasteiger partial charge in [0.05, 0.1) is 32.3 Å². The first-order valence-corrected chi connectivity index (χ1v) is 10.8. The fraction of sp³-hybridized carbons (Fsp3) is 0.364. The number of amidine groups is 1. The second-order valence-corrected chi connectivity index (χ2v) is 8.66. The van der Waals surface area contributed by atoms with Crippen molar-refractivity contribution in [2.45, 2.75) is 29.9 Å². The maximum absolute atomic E-state index is 13.0. The van der Waals surface area contributed by atoms with E-state index in [0.29, 0.717) is 28.0 Å². The molecule has 1 aliphatic carbocycles. The van der Waals surface area contributed by atoms with Crippen LogP contribution in [-0.2, 0) is 4.79 Å². The average Bonchev–Trinajstić information content (AvgIpc) is 3.20. The zero-order valence-electron chi connectivity index (χ0n) is 17.2. The number of thioether (sulfide) groups is 1. The molecule has 31 heavy (non-hydrogen) atoms. The standard InChI is InChI=1S/C22H25N3O5S/c1-29-14-8-13(9-15(10-14)30-2)24-22-25-18-19(27)17(26)11-16(20(18)31-22)21(28)23-12-6-4-3-5-7-12/h3-10,16-20,26-27H,11H2,1-2H3,(H,23,28)(H,24,25)/t16-,17+,18+,19-,20+/m0/s1. The highest BCUT2D eigenvalue weighted by atomic mass is 32.2. The van der Waals surface area contributed by atoms with Crippen LogP contribution in [0.2, 0.25) is 0 Å². The number of hydrogen-bond donors (Lipinski definition) is 4. The van der Waals surface area contributed by atoms with Gasteiger partial charge in [-0.25, -0.2) is 0 Å². The van der Waals surface area contributed by atoms with Gasteiger partial charge in [0.15, 0.2) is 5.17 Å². The number of aliphatic hydroxyl groups excluding tert-OH is 2. The molecule has 2 aliphatic rings. The van der Waals surface area contributed by atoms with Gasteiger partial charge in [-0.05, 0) is 18.6 Å². The molecule has 0 unspecified atom stereocenters. The number of anilines is 2. The summed E-state index contributed by atoms with van der Waals surface area (Å²) >= 11 is 1.39. The Kier molecular flexibility index (Phi) is 6.35. The Balaban J connectivity index is 1.52. The number of nitrogens with zero attached hydrogens (tertiary/aromatic N) is 1. The molecule has 1 heterocycles. The highest BCUT2D eigenvalue weighted by Gasteiger charge is 2.50. The first kappa shape index (κ1) is 21.5. The Hall–Kier alpha value is -2.75. The number of aliphatic hydroxyl groups is 2. The van der Waals surface area contributed by atoms with Crippen molar-refractivity contribution in [1.29, 1.82) is 0 Å². The van der Waals surface area contributed by atoms with Crippen LogP contribution in [0.4, 0.5) is 11.4 Å². The molecule has 164 valence electrons. The predicted molar refractivity (Wildman–Crippen MR) is 121 cm³/mol. The van der Waals surface area contributed by atoms with E-state index in [-0.39, 0.29) is 17.6 Å². The second-order valence-electron chi connectivity index (χ2n) is 7.49. The van der Waals surface area contributed by atoms with Gasteiger partial charge in [0.25, 0.3) is 0 Å². The number of carbonyl (C=O) groups is 1. The lowest BCUT2D eigenvalue weighted by Crippen LogP contribution is -2.52. The smallest absolute Gasteiger partial charge is 0.228 e. The number of rotatable bonds is 5. The topological polar surface area (TPSA) is 112 Å². The molecule has 0 saturated heterocycles. The summed E-state index contributed by atoms with van der Waals surface area (Å²) in [5.41, 5.74) is 1.40. The number of amides is 1. The minimum Gasteiger partial charge on any atom is -0.497 e. The molecule has 5 atom stereocenters. The summed E-state index contributed by atoms with van der Waals surface area (Å²) in [6, 6.07) is 14.0. The largest absolute Gasteiger partial charge is 0.497 e. The number of carbonyl (C=O) groups excluding carboxylic acids is 1. The third-order valence-electron chi connectivity index (χ3n) is 5.47. The summed E-state index contributed by atoms with van der Waals surface area (Å²) in [6.07, 6.45) is -1.88. The molecule has 0 radical (unpaired) electrons. The van der Waals surface area contributed by atoms with Crippen LogP contribution in [-0.4, -0.2) is 59.0 Å². The van der Waals surface area contributed by atoms with Crippen LogP contribution in [0.5, 0.6) is 11.5 Å². The number of hydrogen-bond acceptors (Lipinski definition) is 8. The highest BCUT2D eigenvalue weighted by molar-refractivity contribution is 8.15. The molecule has 2 aromatic carbocycles. The van der Waals surface area contributed by atoms with Crippen molar-refractivity contribution in [3.63, 3.8) is 0 Å². The lowest BCUT2D eigenvalue weighted by Gasteiger charge is -2.37. The van der Waals surface area contributed by atoms with Crippen LogP contribution in [0.25, 0.3) is 0 Å². The maximum atomic E-state index is 13.0. The fourth-order valence-corrected chi connectivity index (χ4v) is 5.24. The Bertz CT molecular complexity index is 949. The average molecular weight is 444 g/mol. The lowest BCUT2D eigenvalue weighted by atomic mass is 9.81. The molecule has 1 aliphatic heterocycles. The molecule has 1 fully saturated rings. The van der Waals surface area contributed by atoms with E-state index in [1.165, 1.54) is 11.8 Å². The van der Waals surface area contributed by atoms with Gasteiger partial charge >= 0.3 is 0 Å². The van der Waals surface area contributed by atoms with Gasteiger partial charge in [-0.3, -0.25) is 9.79 Å². The summed E-state index contributed by atoms with van der Waals surface area (Å²) in [5.74, 6) is 0.549. The molecule has 0 aromatic heterocycles. The van der Waals surface area contributed by atoms with Gasteiger partial charge in [0.1, 0.15) is 17.6 Å². The zero-order valence-corrected chi connectivity index (χ0v) is 18.0. The quantitative estimate of drug-likeness (QED) is 0.561. The van der Waals surface area contributed by atoms with Crippen LogP contribution in [0.1, 0.15) is 6.42 Å². The number of fused-ring (bicyclic) bond motifs is 1. The molecule has 0 spiro atoms. The van der Waals surface area contributed by atoms with E-state index >= 15 is 0 Å². The molecule has 1 amide bonds. The van der Waals surface area contributed by atoms with Crippen molar-refractivity contribution in [3.05, 3.63) is 48.5 Å². The van der Waals surface area contributed by atoms with E-state index in [9.17, 15) is 15.0 Å². The van der Waals surface area contributed by atoms with Gasteiger partial charge in [-0.1, -0.05) is 30.0 Å². The van der Waals surface area contributed by atoms with Gasteiger partial charge in [0, 0.05) is 34.8 Å². The van der Waals surface area contributed by atoms with Crippen molar-refractivity contribution in [2.75, 3.05) is 24.9 Å². The molecule has 1 saturated carbocycles. The van der Waals surface area contributed by atoms with Crippen LogP contribution >= 0.6 is 11.8 Å². The minimum atomic E-state index is -1.03. The number of benzene rings is 2. The van der Waals surface area contributed by atoms with Crippen molar-refractivity contribution >= 4 is 34.2 Å². The number of ether oxygens (including phenoxy) is 2. The van der Waals surface area contributed by atoms with Crippen LogP contribution in [0.3, 0.4) is 0 Å². The molecular weight excluding hydrogens is 418 g/mol. The van der Waals surface area contributed by atoms with Gasteiger partial charge in [-0.15, -0.1) is 0 Å². The SMILES string of the molecule is COc1cc(NC2=N[C@@H]3[C@@H](O)[C@H](O)C[C@H](C(=O)Nc4ccccc4)[C@H]3S2)cc(OC)c1. The van der Waals surface area contributed by atoms with E-state index in [0.717, 1.165) is 0 Å². The molecule has 4 N–H and O–H groups in total. The molecule has 4 rings (SSSR count). The van der Waals surface area contributed by atoms with E-state index in [4.69, 9.17) is 9.47 Å². The Morgan fingerprint density at radius 1 is 1.06 bits per heavy atom.